The Morgan fingerprint density at radius 2 is 1.90 bits per heavy atom. The number of halogens is 4. The van der Waals surface area contributed by atoms with Crippen LogP contribution in [0, 0.1) is 5.82 Å². The number of benzene rings is 1. The fraction of sp³-hybridized carbons (Fsp3) is 0.333. The second-order valence-electron chi connectivity index (χ2n) is 5.11. The van der Waals surface area contributed by atoms with Crippen LogP contribution >= 0.6 is 11.3 Å². The lowest BCUT2D eigenvalue weighted by molar-refractivity contribution is -0.139. The average molecular weight is 315 g/mol. The van der Waals surface area contributed by atoms with E-state index in [9.17, 15) is 17.6 Å². The van der Waals surface area contributed by atoms with Crippen LogP contribution in [0.15, 0.2) is 30.3 Å². The van der Waals surface area contributed by atoms with Crippen LogP contribution in [0.4, 0.5) is 17.6 Å². The highest BCUT2D eigenvalue weighted by Crippen LogP contribution is 2.36. The molecule has 0 bridgehead atoms. The molecule has 1 saturated carbocycles. The average Bonchev–Trinajstić information content (AvgIpc) is 3.13. The first-order valence-corrected chi connectivity index (χ1v) is 7.44. The molecule has 1 aliphatic rings. The lowest BCUT2D eigenvalue weighted by Gasteiger charge is -2.09. The molecule has 0 spiro atoms. The summed E-state index contributed by atoms with van der Waals surface area (Å²) in [5.74, 6) is -1.24. The van der Waals surface area contributed by atoms with E-state index in [2.05, 4.69) is 5.32 Å². The quantitative estimate of drug-likeness (QED) is 0.797. The minimum Gasteiger partial charge on any atom is -0.309 e. The molecule has 1 fully saturated rings. The zero-order valence-corrected chi connectivity index (χ0v) is 11.8. The Bertz CT molecular complexity index is 643. The summed E-state index contributed by atoms with van der Waals surface area (Å²) in [7, 11) is 0. The first-order valence-electron chi connectivity index (χ1n) is 6.63. The Labute approximate surface area is 123 Å². The van der Waals surface area contributed by atoms with Crippen molar-refractivity contribution < 1.29 is 17.6 Å². The highest BCUT2D eigenvalue weighted by Gasteiger charge is 2.34. The molecule has 112 valence electrons. The zero-order valence-electron chi connectivity index (χ0n) is 11.0. The van der Waals surface area contributed by atoms with Gasteiger partial charge in [-0.05, 0) is 42.7 Å². The molecule has 1 aromatic heterocycles. The molecule has 0 amide bonds. The molecule has 1 aliphatic carbocycles. The van der Waals surface area contributed by atoms with E-state index in [0.29, 0.717) is 16.5 Å². The number of rotatable bonds is 4. The summed E-state index contributed by atoms with van der Waals surface area (Å²) in [5.41, 5.74) is -0.822. The minimum atomic E-state index is -4.67. The Morgan fingerprint density at radius 3 is 2.57 bits per heavy atom. The number of hydrogen-bond acceptors (Lipinski definition) is 2. The zero-order chi connectivity index (χ0) is 15.0. The van der Waals surface area contributed by atoms with E-state index in [1.807, 2.05) is 6.07 Å². The Balaban J connectivity index is 1.82. The Morgan fingerprint density at radius 1 is 1.14 bits per heavy atom. The lowest BCUT2D eigenvalue weighted by atomic mass is 10.1. The monoisotopic (exact) mass is 315 g/mol. The van der Waals surface area contributed by atoms with Gasteiger partial charge >= 0.3 is 6.18 Å². The number of hydrogen-bond donors (Lipinski definition) is 1. The summed E-state index contributed by atoms with van der Waals surface area (Å²) in [6, 6.07) is 7.39. The molecule has 0 aliphatic heterocycles. The molecule has 0 radical (unpaired) electrons. The molecule has 0 atom stereocenters. The van der Waals surface area contributed by atoms with Gasteiger partial charge in [0.25, 0.3) is 0 Å². The van der Waals surface area contributed by atoms with E-state index >= 15 is 0 Å². The summed E-state index contributed by atoms with van der Waals surface area (Å²) >= 11 is 1.43. The first kappa shape index (κ1) is 14.5. The lowest BCUT2D eigenvalue weighted by Crippen LogP contribution is -2.14. The second-order valence-corrected chi connectivity index (χ2v) is 6.28. The van der Waals surface area contributed by atoms with E-state index < -0.39 is 17.6 Å². The van der Waals surface area contributed by atoms with Gasteiger partial charge in [0.05, 0.1) is 5.56 Å². The van der Waals surface area contributed by atoms with Crippen molar-refractivity contribution in [2.75, 3.05) is 0 Å². The molecule has 1 aromatic carbocycles. The van der Waals surface area contributed by atoms with E-state index in [1.54, 1.807) is 6.07 Å². The normalized spacial score (nSPS) is 15.4. The van der Waals surface area contributed by atoms with E-state index in [-0.39, 0.29) is 0 Å². The van der Waals surface area contributed by atoms with Gasteiger partial charge in [0.2, 0.25) is 0 Å². The Hall–Kier alpha value is -1.40. The van der Waals surface area contributed by atoms with Gasteiger partial charge in [0.1, 0.15) is 5.82 Å². The van der Waals surface area contributed by atoms with Crippen LogP contribution in [0.5, 0.6) is 0 Å². The van der Waals surface area contributed by atoms with Gasteiger partial charge in [-0.1, -0.05) is 6.07 Å². The fourth-order valence-electron chi connectivity index (χ4n) is 2.06. The molecule has 6 heteroatoms. The van der Waals surface area contributed by atoms with E-state index in [1.165, 1.54) is 30.2 Å². The highest BCUT2D eigenvalue weighted by molar-refractivity contribution is 7.15. The van der Waals surface area contributed by atoms with Crippen LogP contribution < -0.4 is 5.32 Å². The van der Waals surface area contributed by atoms with E-state index in [0.717, 1.165) is 23.6 Å². The molecule has 1 nitrogen and oxygen atoms in total. The number of nitrogens with one attached hydrogen (secondary N) is 1. The van der Waals surface area contributed by atoms with Crippen molar-refractivity contribution in [3.05, 3.63) is 46.6 Å². The van der Waals surface area contributed by atoms with Crippen molar-refractivity contribution in [3.8, 4) is 10.4 Å². The summed E-state index contributed by atoms with van der Waals surface area (Å²) in [5, 5.41) is 3.35. The fourth-order valence-corrected chi connectivity index (χ4v) is 3.01. The van der Waals surface area contributed by atoms with Crippen LogP contribution in [-0.2, 0) is 12.7 Å². The molecular formula is C15H13F4NS. The molecule has 3 rings (SSSR count). The van der Waals surface area contributed by atoms with Crippen LogP contribution in [0.1, 0.15) is 23.3 Å². The third-order valence-electron chi connectivity index (χ3n) is 3.36. The summed E-state index contributed by atoms with van der Waals surface area (Å²) in [4.78, 5) is 1.78. The number of alkyl halides is 3. The minimum absolute atomic E-state index is 0.395. The molecule has 1 N–H and O–H groups in total. The summed E-state index contributed by atoms with van der Waals surface area (Å²) < 4.78 is 51.4. The molecular weight excluding hydrogens is 302 g/mol. The third kappa shape index (κ3) is 3.44. The molecule has 2 aromatic rings. The van der Waals surface area contributed by atoms with Gasteiger partial charge < -0.3 is 5.32 Å². The molecule has 0 unspecified atom stereocenters. The van der Waals surface area contributed by atoms with Gasteiger partial charge in [0.15, 0.2) is 0 Å². The van der Waals surface area contributed by atoms with Gasteiger partial charge in [-0.3, -0.25) is 0 Å². The SMILES string of the molecule is Fc1ccc(-c2ccc(CNC3CC3)s2)cc1C(F)(F)F. The predicted molar refractivity (Wildman–Crippen MR) is 74.6 cm³/mol. The molecule has 1 heterocycles. The standard InChI is InChI=1S/C15H13F4NS/c16-13-5-1-9(7-12(13)15(17,18)19)14-6-4-11(21-14)8-20-10-2-3-10/h1,4-7,10,20H,2-3,8H2. The van der Waals surface area contributed by atoms with Crippen molar-refractivity contribution in [3.63, 3.8) is 0 Å². The van der Waals surface area contributed by atoms with Crippen LogP contribution in [0.3, 0.4) is 0 Å². The summed E-state index contributed by atoms with van der Waals surface area (Å²) in [6.07, 6.45) is -2.30. The summed E-state index contributed by atoms with van der Waals surface area (Å²) in [6.45, 7) is 0.725. The van der Waals surface area contributed by atoms with Crippen molar-refractivity contribution >= 4 is 11.3 Å². The smallest absolute Gasteiger partial charge is 0.309 e. The van der Waals surface area contributed by atoms with Crippen molar-refractivity contribution in [2.45, 2.75) is 31.6 Å². The maximum absolute atomic E-state index is 13.3. The van der Waals surface area contributed by atoms with Gasteiger partial charge in [0, 0.05) is 22.3 Å². The third-order valence-corrected chi connectivity index (χ3v) is 4.49. The molecule has 0 saturated heterocycles. The first-order chi connectivity index (χ1) is 9.93. The molecule has 21 heavy (non-hydrogen) atoms. The topological polar surface area (TPSA) is 12.0 Å². The van der Waals surface area contributed by atoms with Crippen molar-refractivity contribution in [2.24, 2.45) is 0 Å². The number of thiophene rings is 1. The van der Waals surface area contributed by atoms with Gasteiger partial charge in [-0.25, -0.2) is 4.39 Å². The van der Waals surface area contributed by atoms with Crippen LogP contribution in [0.2, 0.25) is 0 Å². The Kier molecular flexibility index (Phi) is 3.75. The van der Waals surface area contributed by atoms with Crippen molar-refractivity contribution in [1.29, 1.82) is 0 Å². The van der Waals surface area contributed by atoms with E-state index in [4.69, 9.17) is 0 Å². The van der Waals surface area contributed by atoms with Crippen LogP contribution in [0.25, 0.3) is 10.4 Å². The van der Waals surface area contributed by atoms with Crippen molar-refractivity contribution in [1.82, 2.24) is 5.32 Å². The largest absolute Gasteiger partial charge is 0.419 e. The van der Waals surface area contributed by atoms with Gasteiger partial charge in [-0.2, -0.15) is 13.2 Å². The maximum atomic E-state index is 13.3. The van der Waals surface area contributed by atoms with Crippen LogP contribution in [-0.4, -0.2) is 6.04 Å². The highest BCUT2D eigenvalue weighted by atomic mass is 32.1. The second kappa shape index (κ2) is 5.42. The predicted octanol–water partition coefficient (Wildman–Crippen LogP) is 4.83. The van der Waals surface area contributed by atoms with Gasteiger partial charge in [-0.15, -0.1) is 11.3 Å². The maximum Gasteiger partial charge on any atom is 0.419 e.